The van der Waals surface area contributed by atoms with Gasteiger partial charge in [0.2, 0.25) is 5.91 Å². The summed E-state index contributed by atoms with van der Waals surface area (Å²) in [6, 6.07) is 5.29. The molecule has 1 aliphatic heterocycles. The topological polar surface area (TPSA) is 60.7 Å². The standard InChI is InChI=1S/C16H18ClNO4/c1-20-14-4-5-21-9-13(14)18-16(19)6-10-8-22-15-7-11(17)2-3-12(10)15/h2-3,7-8,13-14H,4-6,9H2,1H3,(H,18,19)/t13-,14-/m1/s1. The normalized spacial score (nSPS) is 21.9. The van der Waals surface area contributed by atoms with Gasteiger partial charge >= 0.3 is 0 Å². The molecule has 0 spiro atoms. The molecule has 1 aromatic heterocycles. The van der Waals surface area contributed by atoms with E-state index in [-0.39, 0.29) is 24.5 Å². The van der Waals surface area contributed by atoms with Gasteiger partial charge in [-0.25, -0.2) is 0 Å². The summed E-state index contributed by atoms with van der Waals surface area (Å²) < 4.78 is 16.3. The van der Waals surface area contributed by atoms with Crippen molar-refractivity contribution in [3.05, 3.63) is 35.0 Å². The van der Waals surface area contributed by atoms with Crippen LogP contribution in [0.4, 0.5) is 0 Å². The van der Waals surface area contributed by atoms with Crippen molar-refractivity contribution in [3.63, 3.8) is 0 Å². The fraction of sp³-hybridized carbons (Fsp3) is 0.438. The van der Waals surface area contributed by atoms with Gasteiger partial charge in [0.25, 0.3) is 0 Å². The molecular weight excluding hydrogens is 306 g/mol. The predicted molar refractivity (Wildman–Crippen MR) is 83.1 cm³/mol. The second kappa shape index (κ2) is 6.69. The fourth-order valence-electron chi connectivity index (χ4n) is 2.76. The zero-order valence-corrected chi connectivity index (χ0v) is 13.1. The van der Waals surface area contributed by atoms with E-state index in [4.69, 9.17) is 25.5 Å². The van der Waals surface area contributed by atoms with E-state index in [9.17, 15) is 4.79 Å². The summed E-state index contributed by atoms with van der Waals surface area (Å²) in [5.41, 5.74) is 1.53. The Bertz CT molecular complexity index is 669. The van der Waals surface area contributed by atoms with Crippen molar-refractivity contribution in [1.82, 2.24) is 5.32 Å². The third-order valence-electron chi connectivity index (χ3n) is 3.91. The van der Waals surface area contributed by atoms with Crippen LogP contribution in [0.25, 0.3) is 11.0 Å². The average molecular weight is 324 g/mol. The Balaban J connectivity index is 1.68. The number of fused-ring (bicyclic) bond motifs is 1. The molecule has 0 aliphatic carbocycles. The summed E-state index contributed by atoms with van der Waals surface area (Å²) in [6.45, 7) is 1.14. The number of hydrogen-bond donors (Lipinski definition) is 1. The highest BCUT2D eigenvalue weighted by Crippen LogP contribution is 2.25. The Kier molecular flexibility index (Phi) is 4.66. The van der Waals surface area contributed by atoms with Crippen LogP contribution in [0.1, 0.15) is 12.0 Å². The molecule has 6 heteroatoms. The summed E-state index contributed by atoms with van der Waals surface area (Å²) in [4.78, 5) is 12.3. The lowest BCUT2D eigenvalue weighted by Gasteiger charge is -2.31. The monoisotopic (exact) mass is 323 g/mol. The first-order valence-corrected chi connectivity index (χ1v) is 7.60. The van der Waals surface area contributed by atoms with Crippen LogP contribution in [0.15, 0.2) is 28.9 Å². The Labute approximate surface area is 133 Å². The van der Waals surface area contributed by atoms with Crippen LogP contribution in [0.2, 0.25) is 5.02 Å². The highest BCUT2D eigenvalue weighted by molar-refractivity contribution is 6.31. The SMILES string of the molecule is CO[C@@H]1CCOC[C@H]1NC(=O)Cc1coc2cc(Cl)ccc12. The van der Waals surface area contributed by atoms with Crippen molar-refractivity contribution < 1.29 is 18.7 Å². The number of benzene rings is 1. The molecule has 1 fully saturated rings. The summed E-state index contributed by atoms with van der Waals surface area (Å²) in [5.74, 6) is -0.0739. The Morgan fingerprint density at radius 1 is 1.50 bits per heavy atom. The van der Waals surface area contributed by atoms with Crippen molar-refractivity contribution in [2.75, 3.05) is 20.3 Å². The maximum absolute atomic E-state index is 12.3. The molecule has 1 amide bonds. The second-order valence-corrected chi connectivity index (χ2v) is 5.83. The Hall–Kier alpha value is -1.56. The van der Waals surface area contributed by atoms with Crippen LogP contribution in [0, 0.1) is 0 Å². The molecule has 0 radical (unpaired) electrons. The molecule has 2 atom stereocenters. The van der Waals surface area contributed by atoms with Gasteiger partial charge in [0.1, 0.15) is 5.58 Å². The predicted octanol–water partition coefficient (Wildman–Crippen LogP) is 2.55. The summed E-state index contributed by atoms with van der Waals surface area (Å²) >= 11 is 5.93. The van der Waals surface area contributed by atoms with Crippen molar-refractivity contribution in [2.24, 2.45) is 0 Å². The molecule has 3 rings (SSSR count). The highest BCUT2D eigenvalue weighted by atomic mass is 35.5. The number of nitrogens with one attached hydrogen (secondary N) is 1. The van der Waals surface area contributed by atoms with Crippen molar-refractivity contribution >= 4 is 28.5 Å². The average Bonchev–Trinajstić information content (AvgIpc) is 2.89. The third kappa shape index (κ3) is 3.27. The van der Waals surface area contributed by atoms with E-state index >= 15 is 0 Å². The maximum atomic E-state index is 12.3. The van der Waals surface area contributed by atoms with Crippen LogP contribution in [0.3, 0.4) is 0 Å². The molecule has 0 unspecified atom stereocenters. The van der Waals surface area contributed by atoms with Crippen molar-refractivity contribution in [3.8, 4) is 0 Å². The van der Waals surface area contributed by atoms with Crippen LogP contribution < -0.4 is 5.32 Å². The molecule has 2 aromatic rings. The molecular formula is C16H18ClNO4. The van der Waals surface area contributed by atoms with E-state index in [2.05, 4.69) is 5.32 Å². The van der Waals surface area contributed by atoms with Crippen LogP contribution in [-0.2, 0) is 20.7 Å². The Morgan fingerprint density at radius 3 is 3.18 bits per heavy atom. The Morgan fingerprint density at radius 2 is 2.36 bits per heavy atom. The lowest BCUT2D eigenvalue weighted by molar-refractivity contribution is -0.124. The van der Waals surface area contributed by atoms with E-state index in [0.29, 0.717) is 23.8 Å². The molecule has 0 bridgehead atoms. The van der Waals surface area contributed by atoms with Crippen LogP contribution in [-0.4, -0.2) is 38.4 Å². The molecule has 2 heterocycles. The number of amides is 1. The number of hydrogen-bond acceptors (Lipinski definition) is 4. The lowest BCUT2D eigenvalue weighted by Crippen LogP contribution is -2.50. The van der Waals surface area contributed by atoms with Crippen LogP contribution in [0.5, 0.6) is 0 Å². The minimum absolute atomic E-state index is 0.00222. The molecule has 1 saturated heterocycles. The summed E-state index contributed by atoms with van der Waals surface area (Å²) in [5, 5.41) is 4.49. The first-order valence-electron chi connectivity index (χ1n) is 7.23. The molecule has 5 nitrogen and oxygen atoms in total. The maximum Gasteiger partial charge on any atom is 0.224 e. The number of halogens is 1. The van der Waals surface area contributed by atoms with Gasteiger partial charge in [-0.3, -0.25) is 4.79 Å². The van der Waals surface area contributed by atoms with Gasteiger partial charge < -0.3 is 19.2 Å². The number of carbonyl (C=O) groups is 1. The molecule has 1 N–H and O–H groups in total. The van der Waals surface area contributed by atoms with Gasteiger partial charge in [0.05, 0.1) is 31.4 Å². The quantitative estimate of drug-likeness (QED) is 0.939. The molecule has 118 valence electrons. The van der Waals surface area contributed by atoms with E-state index in [1.807, 2.05) is 6.07 Å². The first-order chi connectivity index (χ1) is 10.7. The smallest absolute Gasteiger partial charge is 0.224 e. The van der Waals surface area contributed by atoms with E-state index in [0.717, 1.165) is 17.4 Å². The lowest BCUT2D eigenvalue weighted by atomic mass is 10.1. The molecule has 1 aromatic carbocycles. The second-order valence-electron chi connectivity index (χ2n) is 5.39. The van der Waals surface area contributed by atoms with Crippen molar-refractivity contribution in [1.29, 1.82) is 0 Å². The van der Waals surface area contributed by atoms with Gasteiger partial charge in [0, 0.05) is 29.7 Å². The number of rotatable bonds is 4. The van der Waals surface area contributed by atoms with Crippen molar-refractivity contribution in [2.45, 2.75) is 25.0 Å². The molecule has 0 saturated carbocycles. The van der Waals surface area contributed by atoms with Gasteiger partial charge in [0.15, 0.2) is 0 Å². The van der Waals surface area contributed by atoms with Gasteiger partial charge in [-0.1, -0.05) is 11.6 Å². The van der Waals surface area contributed by atoms with E-state index in [1.165, 1.54) is 0 Å². The first kappa shape index (κ1) is 15.3. The fourth-order valence-corrected chi connectivity index (χ4v) is 2.92. The highest BCUT2D eigenvalue weighted by Gasteiger charge is 2.27. The zero-order valence-electron chi connectivity index (χ0n) is 12.3. The summed E-state index contributed by atoms with van der Waals surface area (Å²) in [6.07, 6.45) is 2.64. The minimum Gasteiger partial charge on any atom is -0.464 e. The summed E-state index contributed by atoms with van der Waals surface area (Å²) in [7, 11) is 1.66. The number of furan rings is 1. The number of ether oxygens (including phenoxy) is 2. The van der Waals surface area contributed by atoms with Crippen LogP contribution >= 0.6 is 11.6 Å². The largest absolute Gasteiger partial charge is 0.464 e. The minimum atomic E-state index is -0.112. The third-order valence-corrected chi connectivity index (χ3v) is 4.15. The van der Waals surface area contributed by atoms with Gasteiger partial charge in [-0.2, -0.15) is 0 Å². The number of methoxy groups -OCH3 is 1. The number of carbonyl (C=O) groups excluding carboxylic acids is 1. The zero-order chi connectivity index (χ0) is 15.5. The van der Waals surface area contributed by atoms with Gasteiger partial charge in [-0.05, 0) is 24.6 Å². The molecule has 22 heavy (non-hydrogen) atoms. The van der Waals surface area contributed by atoms with E-state index < -0.39 is 0 Å². The van der Waals surface area contributed by atoms with E-state index in [1.54, 1.807) is 25.5 Å². The van der Waals surface area contributed by atoms with Gasteiger partial charge in [-0.15, -0.1) is 0 Å². The molecule has 1 aliphatic rings.